The maximum Gasteiger partial charge on any atom is 0.411 e. The lowest BCUT2D eigenvalue weighted by atomic mass is 9.85. The highest BCUT2D eigenvalue weighted by atomic mass is 16.6. The minimum absolute atomic E-state index is 0.0609. The number of nitriles is 1. The van der Waals surface area contributed by atoms with Crippen LogP contribution < -0.4 is 0 Å². The van der Waals surface area contributed by atoms with Crippen LogP contribution in [0.4, 0.5) is 4.79 Å². The van der Waals surface area contributed by atoms with E-state index in [0.29, 0.717) is 12.9 Å². The minimum atomic E-state index is -1.29. The fourth-order valence-electron chi connectivity index (χ4n) is 5.50. The lowest BCUT2D eigenvalue weighted by molar-refractivity contribution is -0.150. The van der Waals surface area contributed by atoms with Crippen molar-refractivity contribution in [3.05, 3.63) is 108 Å². The van der Waals surface area contributed by atoms with Crippen LogP contribution in [0.1, 0.15) is 44.4 Å². The van der Waals surface area contributed by atoms with E-state index in [1.807, 2.05) is 91.0 Å². The van der Waals surface area contributed by atoms with E-state index < -0.39 is 41.4 Å². The Kier molecular flexibility index (Phi) is 10.7. The number of carbonyl (C=O) groups excluding carboxylic acids is 2. The highest BCUT2D eigenvalue weighted by molar-refractivity contribution is 5.72. The molecule has 1 saturated heterocycles. The van der Waals surface area contributed by atoms with Gasteiger partial charge in [0.05, 0.1) is 44.6 Å². The van der Waals surface area contributed by atoms with Crippen molar-refractivity contribution >= 4 is 12.4 Å². The standard InChI is InChI=1S/C35H40N2O6/c1-34(2,3)43-33(39)37-30(25-40-22-26-14-8-5-9-15-26)32(41-23-27-16-10-6-11-17-27)35(4,31(37)29(20-36)21-38)42-24-28-18-12-7-13-19-28/h5-19,21,29-32H,22-25H2,1-4H3/t29?,30-,31+,32-,35+/m1/s1. The second-order valence-corrected chi connectivity index (χ2v) is 11.9. The van der Waals surface area contributed by atoms with Crippen molar-refractivity contribution in [2.45, 2.75) is 76.9 Å². The molecule has 1 fully saturated rings. The Bertz CT molecular complexity index is 1360. The molecule has 8 nitrogen and oxygen atoms in total. The van der Waals surface area contributed by atoms with Gasteiger partial charge in [0, 0.05) is 0 Å². The predicted molar refractivity (Wildman–Crippen MR) is 162 cm³/mol. The molecular formula is C35H40N2O6. The van der Waals surface area contributed by atoms with Crippen LogP contribution in [0.3, 0.4) is 0 Å². The average molecular weight is 585 g/mol. The van der Waals surface area contributed by atoms with Gasteiger partial charge in [0.25, 0.3) is 0 Å². The third-order valence-corrected chi connectivity index (χ3v) is 7.46. The summed E-state index contributed by atoms with van der Waals surface area (Å²) in [5.74, 6) is -1.21. The van der Waals surface area contributed by atoms with Gasteiger partial charge in [-0.3, -0.25) is 4.90 Å². The molecule has 5 atom stereocenters. The molecule has 0 aromatic heterocycles. The fourth-order valence-corrected chi connectivity index (χ4v) is 5.50. The van der Waals surface area contributed by atoms with Crippen LogP contribution in [0.2, 0.25) is 0 Å². The third kappa shape index (κ3) is 8.08. The summed E-state index contributed by atoms with van der Waals surface area (Å²) in [6.45, 7) is 7.87. The molecule has 1 heterocycles. The first kappa shape index (κ1) is 31.9. The van der Waals surface area contributed by atoms with Crippen molar-refractivity contribution in [1.29, 1.82) is 5.26 Å². The molecule has 1 aliphatic heterocycles. The summed E-state index contributed by atoms with van der Waals surface area (Å²) in [6, 6.07) is 29.3. The van der Waals surface area contributed by atoms with Gasteiger partial charge in [-0.05, 0) is 44.4 Å². The van der Waals surface area contributed by atoms with Gasteiger partial charge in [-0.25, -0.2) is 4.79 Å². The molecule has 0 aliphatic carbocycles. The van der Waals surface area contributed by atoms with Crippen molar-refractivity contribution in [2.24, 2.45) is 5.92 Å². The number of carbonyl (C=O) groups is 2. The van der Waals surface area contributed by atoms with Crippen LogP contribution in [-0.2, 0) is 43.6 Å². The van der Waals surface area contributed by atoms with Gasteiger partial charge in [-0.1, -0.05) is 91.0 Å². The number of ether oxygens (including phenoxy) is 4. The summed E-state index contributed by atoms with van der Waals surface area (Å²) >= 11 is 0. The summed E-state index contributed by atoms with van der Waals surface area (Å²) in [6.07, 6.45) is -0.887. The molecule has 43 heavy (non-hydrogen) atoms. The van der Waals surface area contributed by atoms with E-state index in [-0.39, 0.29) is 19.8 Å². The zero-order valence-corrected chi connectivity index (χ0v) is 25.2. The Balaban J connectivity index is 1.77. The van der Waals surface area contributed by atoms with Crippen molar-refractivity contribution < 1.29 is 28.5 Å². The second-order valence-electron chi connectivity index (χ2n) is 11.9. The first-order chi connectivity index (χ1) is 20.7. The van der Waals surface area contributed by atoms with Crippen LogP contribution in [0.15, 0.2) is 91.0 Å². The van der Waals surface area contributed by atoms with E-state index in [0.717, 1.165) is 16.7 Å². The lowest BCUT2D eigenvalue weighted by Gasteiger charge is -2.38. The van der Waals surface area contributed by atoms with E-state index in [1.165, 1.54) is 4.90 Å². The second kappa shape index (κ2) is 14.4. The van der Waals surface area contributed by atoms with Crippen molar-refractivity contribution in [3.63, 3.8) is 0 Å². The third-order valence-electron chi connectivity index (χ3n) is 7.46. The van der Waals surface area contributed by atoms with Crippen LogP contribution in [0.5, 0.6) is 0 Å². The SMILES string of the molecule is CC(C)(C)OC(=O)N1[C@H](COCc2ccccc2)[C@@H](OCc2ccccc2)[C@@](C)(OCc2ccccc2)[C@@H]1C(C#N)C=O. The van der Waals surface area contributed by atoms with Crippen molar-refractivity contribution in [2.75, 3.05) is 6.61 Å². The molecular weight excluding hydrogens is 544 g/mol. The molecule has 0 radical (unpaired) electrons. The zero-order valence-electron chi connectivity index (χ0n) is 25.2. The molecule has 0 bridgehead atoms. The Hall–Kier alpha value is -4.03. The molecule has 8 heteroatoms. The molecule has 0 saturated carbocycles. The van der Waals surface area contributed by atoms with Gasteiger partial charge < -0.3 is 23.7 Å². The van der Waals surface area contributed by atoms with Gasteiger partial charge in [0.1, 0.15) is 29.5 Å². The quantitative estimate of drug-likeness (QED) is 0.238. The van der Waals surface area contributed by atoms with Crippen LogP contribution in [-0.4, -0.2) is 53.3 Å². The Morgan fingerprint density at radius 2 is 1.42 bits per heavy atom. The van der Waals surface area contributed by atoms with E-state index in [2.05, 4.69) is 6.07 Å². The maximum absolute atomic E-state index is 13.9. The number of benzene rings is 3. The number of likely N-dealkylation sites (tertiary alicyclic amines) is 1. The Labute approximate surface area is 254 Å². The number of nitrogens with zero attached hydrogens (tertiary/aromatic N) is 2. The van der Waals surface area contributed by atoms with Crippen molar-refractivity contribution in [1.82, 2.24) is 4.90 Å². The molecule has 4 rings (SSSR count). The monoisotopic (exact) mass is 584 g/mol. The molecule has 1 unspecified atom stereocenters. The number of hydrogen-bond acceptors (Lipinski definition) is 7. The van der Waals surface area contributed by atoms with Gasteiger partial charge in [0.15, 0.2) is 0 Å². The van der Waals surface area contributed by atoms with Gasteiger partial charge in [-0.15, -0.1) is 0 Å². The number of hydrogen-bond donors (Lipinski definition) is 0. The summed E-state index contributed by atoms with van der Waals surface area (Å²) in [4.78, 5) is 27.8. The molecule has 0 spiro atoms. The summed E-state index contributed by atoms with van der Waals surface area (Å²) in [7, 11) is 0. The first-order valence-electron chi connectivity index (χ1n) is 14.5. The van der Waals surface area contributed by atoms with Crippen molar-refractivity contribution in [3.8, 4) is 6.07 Å². The topological polar surface area (TPSA) is 98.1 Å². The smallest absolute Gasteiger partial charge is 0.411 e. The zero-order chi connectivity index (χ0) is 30.9. The molecule has 3 aromatic carbocycles. The Morgan fingerprint density at radius 1 is 0.907 bits per heavy atom. The maximum atomic E-state index is 13.9. The number of amides is 1. The predicted octanol–water partition coefficient (Wildman–Crippen LogP) is 6.09. The fraction of sp³-hybridized carbons (Fsp3) is 0.400. The van der Waals surface area contributed by atoms with E-state index >= 15 is 0 Å². The first-order valence-corrected chi connectivity index (χ1v) is 14.5. The largest absolute Gasteiger partial charge is 0.444 e. The minimum Gasteiger partial charge on any atom is -0.444 e. The van der Waals surface area contributed by atoms with E-state index in [1.54, 1.807) is 27.7 Å². The highest BCUT2D eigenvalue weighted by Crippen LogP contribution is 2.44. The van der Waals surface area contributed by atoms with E-state index in [9.17, 15) is 14.9 Å². The van der Waals surface area contributed by atoms with Gasteiger partial charge >= 0.3 is 6.09 Å². The number of aldehydes is 1. The highest BCUT2D eigenvalue weighted by Gasteiger charge is 2.63. The van der Waals surface area contributed by atoms with Crippen LogP contribution >= 0.6 is 0 Å². The molecule has 1 aliphatic rings. The number of rotatable bonds is 12. The normalized spacial score (nSPS) is 22.5. The van der Waals surface area contributed by atoms with Gasteiger partial charge in [-0.2, -0.15) is 5.26 Å². The molecule has 226 valence electrons. The Morgan fingerprint density at radius 3 is 1.91 bits per heavy atom. The van der Waals surface area contributed by atoms with Gasteiger partial charge in [0.2, 0.25) is 0 Å². The molecule has 0 N–H and O–H groups in total. The molecule has 3 aromatic rings. The average Bonchev–Trinajstić information content (AvgIpc) is 3.24. The summed E-state index contributed by atoms with van der Waals surface area (Å²) in [5.41, 5.74) is 0.676. The van der Waals surface area contributed by atoms with E-state index in [4.69, 9.17) is 18.9 Å². The lowest BCUT2D eigenvalue weighted by Crippen LogP contribution is -2.54. The molecule has 1 amide bonds. The van der Waals surface area contributed by atoms with Crippen LogP contribution in [0, 0.1) is 17.2 Å². The van der Waals surface area contributed by atoms with Crippen LogP contribution in [0.25, 0.3) is 0 Å². The summed E-state index contributed by atoms with van der Waals surface area (Å²) in [5, 5.41) is 10.2. The summed E-state index contributed by atoms with van der Waals surface area (Å²) < 4.78 is 25.3.